The molecule has 0 fully saturated rings. The number of anilines is 1. The maximum absolute atomic E-state index is 13.1. The molecule has 10 heteroatoms. The van der Waals surface area contributed by atoms with Gasteiger partial charge in [-0.3, -0.25) is 4.31 Å². The number of hydrogen-bond acceptors (Lipinski definition) is 4. The number of rotatable bonds is 6. The number of methoxy groups -OCH3 is 1. The molecule has 0 aliphatic carbocycles. The number of alkyl halides is 4. The van der Waals surface area contributed by atoms with Gasteiger partial charge in [0, 0.05) is 10.2 Å². The molecule has 0 saturated carbocycles. The second-order valence-corrected chi connectivity index (χ2v) is 8.08. The van der Waals surface area contributed by atoms with Gasteiger partial charge in [0.25, 0.3) is 0 Å². The second-order valence-electron chi connectivity index (χ2n) is 4.67. The average Bonchev–Trinajstić information content (AvgIpc) is 3.00. The average molecular weight is 444 g/mol. The molecule has 1 aromatic heterocycles. The van der Waals surface area contributed by atoms with Crippen LogP contribution in [0.25, 0.3) is 0 Å². The van der Waals surface area contributed by atoms with Gasteiger partial charge < -0.3 is 4.74 Å². The Bertz CT molecular complexity index is 788. The number of halogens is 4. The van der Waals surface area contributed by atoms with Gasteiger partial charge in [0.2, 0.25) is 0 Å². The second kappa shape index (κ2) is 7.32. The topological polar surface area (TPSA) is 46.6 Å². The summed E-state index contributed by atoms with van der Waals surface area (Å²) in [6.07, 6.45) is 0. The van der Waals surface area contributed by atoms with Gasteiger partial charge in [0.1, 0.15) is 5.75 Å². The first-order valence-electron chi connectivity index (χ1n) is 6.55. The Kier molecular flexibility index (Phi) is 5.82. The lowest BCUT2D eigenvalue weighted by molar-refractivity contribution is -0.0438. The number of sulfonamides is 1. The Labute approximate surface area is 150 Å². The summed E-state index contributed by atoms with van der Waals surface area (Å²) in [4.78, 5) is 0.497. The predicted molar refractivity (Wildman–Crippen MR) is 91.1 cm³/mol. The van der Waals surface area contributed by atoms with Crippen molar-refractivity contribution >= 4 is 43.0 Å². The van der Waals surface area contributed by atoms with Crippen LogP contribution in [-0.4, -0.2) is 21.0 Å². The third-order valence-electron chi connectivity index (χ3n) is 3.18. The van der Waals surface area contributed by atoms with Crippen molar-refractivity contribution in [3.05, 3.63) is 46.2 Å². The lowest BCUT2D eigenvalue weighted by Gasteiger charge is -2.25. The van der Waals surface area contributed by atoms with Crippen LogP contribution in [0.15, 0.2) is 35.7 Å². The largest absolute Gasteiger partial charge is 0.516 e. The van der Waals surface area contributed by atoms with Crippen LogP contribution in [0.3, 0.4) is 0 Å². The highest BCUT2D eigenvalue weighted by Gasteiger charge is 2.50. The van der Waals surface area contributed by atoms with Crippen molar-refractivity contribution < 1.29 is 26.3 Å². The zero-order valence-electron chi connectivity index (χ0n) is 12.4. The van der Waals surface area contributed by atoms with E-state index in [-0.39, 0.29) is 11.0 Å². The lowest BCUT2D eigenvalue weighted by atomic mass is 10.2. The molecule has 0 aliphatic heterocycles. The predicted octanol–water partition coefficient (Wildman–Crippen LogP) is 4.51. The highest BCUT2D eigenvalue weighted by atomic mass is 79.9. The molecule has 0 bridgehead atoms. The van der Waals surface area contributed by atoms with Gasteiger partial charge in [-0.05, 0) is 29.1 Å². The smallest absolute Gasteiger partial charge is 0.497 e. The molecule has 0 radical (unpaired) electrons. The third-order valence-corrected chi connectivity index (χ3v) is 6.51. The summed E-state index contributed by atoms with van der Waals surface area (Å²) in [6.45, 7) is -0.428. The summed E-state index contributed by atoms with van der Waals surface area (Å²) in [5.41, 5.74) is -4.95. The normalized spacial score (nSPS) is 12.2. The van der Waals surface area contributed by atoms with Crippen LogP contribution in [0.2, 0.25) is 0 Å². The Morgan fingerprint density at radius 2 is 1.83 bits per heavy atom. The minimum Gasteiger partial charge on any atom is -0.497 e. The van der Waals surface area contributed by atoms with Crippen LogP contribution >= 0.6 is 27.3 Å². The molecular formula is C14H13BrF3NO3S2. The highest BCUT2D eigenvalue weighted by Crippen LogP contribution is 2.37. The number of thiophene rings is 1. The van der Waals surface area contributed by atoms with Gasteiger partial charge in [-0.2, -0.15) is 21.6 Å². The van der Waals surface area contributed by atoms with Crippen LogP contribution < -0.4 is 9.04 Å². The standard InChI is InChI=1S/C14H13BrF3NO3S2/c1-22-11-4-2-10(3-5-11)9-19(24(20,21)14(16,17)18)12-6-7-23-13(12)8-15/h2-7H,8-9H2,1H3. The first-order valence-corrected chi connectivity index (χ1v) is 9.99. The van der Waals surface area contributed by atoms with E-state index in [1.165, 1.54) is 36.6 Å². The molecule has 0 unspecified atom stereocenters. The van der Waals surface area contributed by atoms with Crippen molar-refractivity contribution in [1.29, 1.82) is 0 Å². The molecule has 0 aliphatic rings. The van der Waals surface area contributed by atoms with E-state index in [2.05, 4.69) is 15.9 Å². The van der Waals surface area contributed by atoms with Crippen molar-refractivity contribution in [3.63, 3.8) is 0 Å². The first kappa shape index (κ1) is 19.1. The van der Waals surface area contributed by atoms with Crippen LogP contribution in [-0.2, 0) is 21.9 Å². The van der Waals surface area contributed by atoms with Crippen molar-refractivity contribution in [3.8, 4) is 5.75 Å². The number of ether oxygens (including phenoxy) is 1. The van der Waals surface area contributed by atoms with E-state index in [1.54, 1.807) is 17.5 Å². The molecule has 0 N–H and O–H groups in total. The summed E-state index contributed by atoms with van der Waals surface area (Å²) in [6, 6.07) is 7.54. The third kappa shape index (κ3) is 3.86. The number of nitrogens with zero attached hydrogens (tertiary/aromatic N) is 1. The van der Waals surface area contributed by atoms with Gasteiger partial charge in [0.15, 0.2) is 0 Å². The quantitative estimate of drug-likeness (QED) is 0.617. The van der Waals surface area contributed by atoms with E-state index in [9.17, 15) is 21.6 Å². The molecule has 2 aromatic rings. The Hall–Kier alpha value is -1.26. The van der Waals surface area contributed by atoms with Gasteiger partial charge in [-0.25, -0.2) is 0 Å². The summed E-state index contributed by atoms with van der Waals surface area (Å²) in [5, 5.41) is 1.81. The number of hydrogen-bond donors (Lipinski definition) is 0. The zero-order valence-corrected chi connectivity index (χ0v) is 15.6. The van der Waals surface area contributed by atoms with Crippen molar-refractivity contribution in [1.82, 2.24) is 0 Å². The van der Waals surface area contributed by atoms with Crippen LogP contribution in [0.4, 0.5) is 18.9 Å². The molecule has 24 heavy (non-hydrogen) atoms. The molecule has 1 heterocycles. The molecule has 132 valence electrons. The van der Waals surface area contributed by atoms with E-state index in [4.69, 9.17) is 4.74 Å². The minimum absolute atomic E-state index is 0.0185. The Morgan fingerprint density at radius 1 is 1.21 bits per heavy atom. The van der Waals surface area contributed by atoms with Crippen LogP contribution in [0, 0.1) is 0 Å². The SMILES string of the molecule is COc1ccc(CN(c2ccsc2CBr)S(=O)(=O)C(F)(F)F)cc1. The van der Waals surface area contributed by atoms with E-state index < -0.39 is 22.1 Å². The summed E-state index contributed by atoms with van der Waals surface area (Å²) >= 11 is 4.35. The molecule has 1 aromatic carbocycles. The van der Waals surface area contributed by atoms with E-state index in [0.717, 1.165) is 0 Å². The Balaban J connectivity index is 2.47. The lowest BCUT2D eigenvalue weighted by Crippen LogP contribution is -2.40. The highest BCUT2D eigenvalue weighted by molar-refractivity contribution is 9.08. The Morgan fingerprint density at radius 3 is 2.33 bits per heavy atom. The maximum Gasteiger partial charge on any atom is 0.516 e. The minimum atomic E-state index is -5.52. The number of benzene rings is 1. The van der Waals surface area contributed by atoms with E-state index >= 15 is 0 Å². The summed E-state index contributed by atoms with van der Waals surface area (Å²) in [7, 11) is -4.06. The van der Waals surface area contributed by atoms with Crippen LogP contribution in [0.1, 0.15) is 10.4 Å². The molecule has 0 saturated heterocycles. The zero-order chi connectivity index (χ0) is 18.0. The molecule has 0 spiro atoms. The van der Waals surface area contributed by atoms with Crippen molar-refractivity contribution in [2.45, 2.75) is 17.4 Å². The molecule has 2 rings (SSSR count). The van der Waals surface area contributed by atoms with Crippen molar-refractivity contribution in [2.75, 3.05) is 11.4 Å². The fraction of sp³-hybridized carbons (Fsp3) is 0.286. The van der Waals surface area contributed by atoms with Gasteiger partial charge in [-0.15, -0.1) is 11.3 Å². The monoisotopic (exact) mass is 443 g/mol. The van der Waals surface area contributed by atoms with Gasteiger partial charge in [0.05, 0.1) is 19.3 Å². The van der Waals surface area contributed by atoms with E-state index in [1.807, 2.05) is 0 Å². The fourth-order valence-corrected chi connectivity index (χ4v) is 4.44. The van der Waals surface area contributed by atoms with E-state index in [0.29, 0.717) is 20.5 Å². The summed E-state index contributed by atoms with van der Waals surface area (Å²) < 4.78 is 68.6. The fourth-order valence-electron chi connectivity index (χ4n) is 1.98. The van der Waals surface area contributed by atoms with Crippen molar-refractivity contribution in [2.24, 2.45) is 0 Å². The van der Waals surface area contributed by atoms with Crippen LogP contribution in [0.5, 0.6) is 5.75 Å². The first-order chi connectivity index (χ1) is 11.2. The van der Waals surface area contributed by atoms with Gasteiger partial charge >= 0.3 is 15.5 Å². The molecule has 0 amide bonds. The maximum atomic E-state index is 13.1. The molecule has 0 atom stereocenters. The summed E-state index contributed by atoms with van der Waals surface area (Å²) in [5.74, 6) is 0.528. The molecular weight excluding hydrogens is 431 g/mol. The molecule has 4 nitrogen and oxygen atoms in total. The van der Waals surface area contributed by atoms with Gasteiger partial charge in [-0.1, -0.05) is 28.1 Å².